The van der Waals surface area contributed by atoms with Gasteiger partial charge >= 0.3 is 5.97 Å². The molecule has 0 amide bonds. The van der Waals surface area contributed by atoms with Crippen molar-refractivity contribution in [1.29, 1.82) is 0 Å². The van der Waals surface area contributed by atoms with E-state index < -0.39 is 0 Å². The van der Waals surface area contributed by atoms with Gasteiger partial charge in [0, 0.05) is 11.4 Å². The summed E-state index contributed by atoms with van der Waals surface area (Å²) in [6.07, 6.45) is 23.5. The van der Waals surface area contributed by atoms with Crippen molar-refractivity contribution in [3.05, 3.63) is 34.9 Å². The Morgan fingerprint density at radius 2 is 1.07 bits per heavy atom. The molecule has 1 aromatic carbocycles. The summed E-state index contributed by atoms with van der Waals surface area (Å²) in [5.41, 5.74) is 0.982. The molecule has 3 heteroatoms. The van der Waals surface area contributed by atoms with Crippen LogP contribution in [0.15, 0.2) is 24.3 Å². The quantitative estimate of drug-likeness (QED) is 0.150. The summed E-state index contributed by atoms with van der Waals surface area (Å²) in [6, 6.07) is 7.43. The molecule has 0 spiro atoms. The van der Waals surface area contributed by atoms with Crippen LogP contribution in [0.25, 0.3) is 0 Å². The normalized spacial score (nSPS) is 11.0. The number of benzene rings is 1. The zero-order valence-electron chi connectivity index (χ0n) is 19.4. The van der Waals surface area contributed by atoms with Crippen molar-refractivity contribution in [2.75, 3.05) is 0 Å². The number of rotatable bonds is 20. The molecule has 0 saturated heterocycles. The topological polar surface area (TPSA) is 26.3 Å². The lowest BCUT2D eigenvalue weighted by atomic mass is 10.0. The Morgan fingerprint density at radius 1 is 0.667 bits per heavy atom. The van der Waals surface area contributed by atoms with Crippen molar-refractivity contribution < 1.29 is 9.53 Å². The second-order valence-corrected chi connectivity index (χ2v) is 9.13. The lowest BCUT2D eigenvalue weighted by Gasteiger charge is -2.05. The maximum atomic E-state index is 11.8. The molecule has 0 unspecified atom stereocenters. The van der Waals surface area contributed by atoms with Gasteiger partial charge in [-0.05, 0) is 24.1 Å². The fraction of sp³-hybridized carbons (Fsp3) is 0.741. The highest BCUT2D eigenvalue weighted by molar-refractivity contribution is 6.30. The van der Waals surface area contributed by atoms with Crippen molar-refractivity contribution in [1.82, 2.24) is 0 Å². The van der Waals surface area contributed by atoms with Gasteiger partial charge in [-0.2, -0.15) is 0 Å². The Morgan fingerprint density at radius 3 is 1.50 bits per heavy atom. The van der Waals surface area contributed by atoms with Crippen LogP contribution in [0.4, 0.5) is 0 Å². The number of carbonyl (C=O) groups excluding carboxylic acids is 1. The molecule has 30 heavy (non-hydrogen) atoms. The largest absolute Gasteiger partial charge is 0.461 e. The zero-order valence-corrected chi connectivity index (χ0v) is 20.2. The summed E-state index contributed by atoms with van der Waals surface area (Å²) in [6.45, 7) is 2.62. The third-order valence-corrected chi connectivity index (χ3v) is 6.05. The Kier molecular flexibility index (Phi) is 17.9. The van der Waals surface area contributed by atoms with E-state index in [1.54, 1.807) is 0 Å². The fourth-order valence-electron chi connectivity index (χ4n) is 3.81. The second kappa shape index (κ2) is 19.9. The van der Waals surface area contributed by atoms with E-state index in [2.05, 4.69) is 6.92 Å². The highest BCUT2D eigenvalue weighted by Gasteiger charge is 2.03. The maximum absolute atomic E-state index is 11.8. The number of carbonyl (C=O) groups is 1. The monoisotopic (exact) mass is 436 g/mol. The zero-order chi connectivity index (χ0) is 21.7. The molecule has 0 fully saturated rings. The number of esters is 1. The lowest BCUT2D eigenvalue weighted by Crippen LogP contribution is -2.04. The van der Waals surface area contributed by atoms with Gasteiger partial charge in [-0.1, -0.05) is 133 Å². The predicted molar refractivity (Wildman–Crippen MR) is 130 cm³/mol. The minimum atomic E-state index is -0.0918. The average Bonchev–Trinajstić information content (AvgIpc) is 2.75. The first-order chi connectivity index (χ1) is 14.7. The van der Waals surface area contributed by atoms with Crippen LogP contribution in [0, 0.1) is 0 Å². The molecule has 0 radical (unpaired) electrons. The predicted octanol–water partition coefficient (Wildman–Crippen LogP) is 9.42. The highest BCUT2D eigenvalue weighted by Crippen LogP contribution is 2.15. The van der Waals surface area contributed by atoms with Gasteiger partial charge in [0.25, 0.3) is 0 Å². The van der Waals surface area contributed by atoms with Crippen LogP contribution in [0.1, 0.15) is 128 Å². The first-order valence-electron chi connectivity index (χ1n) is 12.6. The number of hydrogen-bond acceptors (Lipinski definition) is 2. The Hall–Kier alpha value is -1.02. The SMILES string of the molecule is CCCCCCCCCCCCCCCCCCCC(=O)OCc1ccc(Cl)cc1. The second-order valence-electron chi connectivity index (χ2n) is 8.69. The fourth-order valence-corrected chi connectivity index (χ4v) is 3.94. The number of hydrogen-bond donors (Lipinski definition) is 0. The van der Waals surface area contributed by atoms with Gasteiger partial charge in [-0.3, -0.25) is 4.79 Å². The molecule has 1 rings (SSSR count). The smallest absolute Gasteiger partial charge is 0.306 e. The van der Waals surface area contributed by atoms with Gasteiger partial charge in [0.1, 0.15) is 6.61 Å². The van der Waals surface area contributed by atoms with Crippen LogP contribution < -0.4 is 0 Å². The van der Waals surface area contributed by atoms with Crippen molar-refractivity contribution >= 4 is 17.6 Å². The van der Waals surface area contributed by atoms with E-state index in [0.29, 0.717) is 18.1 Å². The van der Waals surface area contributed by atoms with Gasteiger partial charge in [0.05, 0.1) is 0 Å². The maximum Gasteiger partial charge on any atom is 0.306 e. The van der Waals surface area contributed by atoms with Gasteiger partial charge in [-0.15, -0.1) is 0 Å². The Balaban J connectivity index is 1.77. The molecule has 0 aliphatic heterocycles. The van der Waals surface area contributed by atoms with Crippen molar-refractivity contribution in [2.45, 2.75) is 129 Å². The molecule has 0 aromatic heterocycles. The van der Waals surface area contributed by atoms with Gasteiger partial charge in [-0.25, -0.2) is 0 Å². The summed E-state index contributed by atoms with van der Waals surface area (Å²) in [4.78, 5) is 11.8. The minimum Gasteiger partial charge on any atom is -0.461 e. The van der Waals surface area contributed by atoms with E-state index in [0.717, 1.165) is 18.4 Å². The van der Waals surface area contributed by atoms with Gasteiger partial charge < -0.3 is 4.74 Å². The van der Waals surface area contributed by atoms with Crippen LogP contribution in [0.3, 0.4) is 0 Å². The Bertz CT molecular complexity index is 512. The molecule has 2 nitrogen and oxygen atoms in total. The van der Waals surface area contributed by atoms with E-state index in [1.165, 1.54) is 96.3 Å². The molecule has 0 heterocycles. The average molecular weight is 437 g/mol. The van der Waals surface area contributed by atoms with Crippen LogP contribution in [-0.2, 0) is 16.1 Å². The van der Waals surface area contributed by atoms with Crippen LogP contribution in [0.2, 0.25) is 5.02 Å². The van der Waals surface area contributed by atoms with E-state index in [9.17, 15) is 4.79 Å². The highest BCUT2D eigenvalue weighted by atomic mass is 35.5. The van der Waals surface area contributed by atoms with Crippen LogP contribution in [-0.4, -0.2) is 5.97 Å². The van der Waals surface area contributed by atoms with E-state index >= 15 is 0 Å². The molecule has 0 atom stereocenters. The Labute approximate surface area is 191 Å². The molecule has 0 N–H and O–H groups in total. The summed E-state index contributed by atoms with van der Waals surface area (Å²) < 4.78 is 5.31. The molecule has 0 saturated carbocycles. The van der Waals surface area contributed by atoms with Crippen molar-refractivity contribution in [2.24, 2.45) is 0 Å². The summed E-state index contributed by atoms with van der Waals surface area (Å²) in [5, 5.41) is 0.702. The molecule has 0 aliphatic rings. The first kappa shape index (κ1) is 27.0. The third kappa shape index (κ3) is 16.7. The minimum absolute atomic E-state index is 0.0918. The molecule has 1 aromatic rings. The number of halogens is 1. The van der Waals surface area contributed by atoms with Crippen LogP contribution >= 0.6 is 11.6 Å². The van der Waals surface area contributed by atoms with Gasteiger partial charge in [0.2, 0.25) is 0 Å². The molecular formula is C27H45ClO2. The lowest BCUT2D eigenvalue weighted by molar-refractivity contribution is -0.145. The van der Waals surface area contributed by atoms with E-state index in [-0.39, 0.29) is 5.97 Å². The van der Waals surface area contributed by atoms with Crippen LogP contribution in [0.5, 0.6) is 0 Å². The summed E-state index contributed by atoms with van der Waals surface area (Å²) in [5.74, 6) is -0.0918. The number of ether oxygens (including phenoxy) is 1. The standard InChI is InChI=1S/C27H45ClO2/c1-2-3-4-5-6-7-8-9-10-11-12-13-14-15-16-17-18-19-27(29)30-24-25-20-22-26(28)23-21-25/h20-23H,2-19,24H2,1H3. The molecule has 172 valence electrons. The first-order valence-corrected chi connectivity index (χ1v) is 13.0. The van der Waals surface area contributed by atoms with Crippen molar-refractivity contribution in [3.8, 4) is 0 Å². The third-order valence-electron chi connectivity index (χ3n) is 5.80. The van der Waals surface area contributed by atoms with Crippen molar-refractivity contribution in [3.63, 3.8) is 0 Å². The summed E-state index contributed by atoms with van der Waals surface area (Å²) >= 11 is 5.85. The molecule has 0 bridgehead atoms. The summed E-state index contributed by atoms with van der Waals surface area (Å²) in [7, 11) is 0. The molecule has 0 aliphatic carbocycles. The number of unbranched alkanes of at least 4 members (excludes halogenated alkanes) is 16. The van der Waals surface area contributed by atoms with E-state index in [4.69, 9.17) is 16.3 Å². The van der Waals surface area contributed by atoms with Gasteiger partial charge in [0.15, 0.2) is 0 Å². The van der Waals surface area contributed by atoms with E-state index in [1.807, 2.05) is 24.3 Å². The molecular weight excluding hydrogens is 392 g/mol.